The van der Waals surface area contributed by atoms with Crippen LogP contribution in [-0.2, 0) is 5.33 Å². The number of nitrogens with zero attached hydrogens (tertiary/aromatic N) is 2. The summed E-state index contributed by atoms with van der Waals surface area (Å²) in [5, 5.41) is 6.15. The molecule has 1 fully saturated rings. The van der Waals surface area contributed by atoms with Crippen LogP contribution in [0, 0.1) is 0 Å². The summed E-state index contributed by atoms with van der Waals surface area (Å²) in [4.78, 5) is 0. The number of hydrogen-bond acceptors (Lipinski definition) is 1. The summed E-state index contributed by atoms with van der Waals surface area (Å²) in [6.07, 6.45) is 4.57. The minimum Gasteiger partial charge on any atom is -0.240 e. The molecule has 0 N–H and O–H groups in total. The van der Waals surface area contributed by atoms with Gasteiger partial charge in [0.1, 0.15) is 0 Å². The van der Waals surface area contributed by atoms with Crippen LogP contribution in [0.25, 0.3) is 5.69 Å². The van der Waals surface area contributed by atoms with Gasteiger partial charge < -0.3 is 0 Å². The van der Waals surface area contributed by atoms with Crippen LogP contribution >= 0.6 is 27.5 Å². The normalized spacial score (nSPS) is 15.2. The van der Waals surface area contributed by atoms with Crippen LogP contribution in [0.4, 0.5) is 0 Å². The number of halogens is 2. The van der Waals surface area contributed by atoms with Crippen molar-refractivity contribution in [2.24, 2.45) is 0 Å². The van der Waals surface area contributed by atoms with Gasteiger partial charge in [-0.3, -0.25) is 0 Å². The Morgan fingerprint density at radius 3 is 2.88 bits per heavy atom. The first-order valence-corrected chi connectivity index (χ1v) is 7.19. The fourth-order valence-corrected chi connectivity index (χ4v) is 2.95. The van der Waals surface area contributed by atoms with Crippen molar-refractivity contribution in [3.63, 3.8) is 0 Å². The molecule has 1 heterocycles. The van der Waals surface area contributed by atoms with Crippen molar-refractivity contribution in [3.05, 3.63) is 46.7 Å². The van der Waals surface area contributed by atoms with Gasteiger partial charge in [0.25, 0.3) is 0 Å². The maximum Gasteiger partial charge on any atom is 0.0701 e. The molecule has 0 atom stereocenters. The summed E-state index contributed by atoms with van der Waals surface area (Å²) >= 11 is 9.67. The lowest BCUT2D eigenvalue weighted by Gasteiger charge is -2.08. The van der Waals surface area contributed by atoms with E-state index in [0.717, 1.165) is 21.6 Å². The van der Waals surface area contributed by atoms with E-state index in [4.69, 9.17) is 11.6 Å². The molecule has 0 saturated heterocycles. The van der Waals surface area contributed by atoms with Gasteiger partial charge in [0.2, 0.25) is 0 Å². The van der Waals surface area contributed by atoms with E-state index in [1.54, 1.807) is 0 Å². The monoisotopic (exact) mass is 310 g/mol. The average Bonchev–Trinajstić information content (AvgIpc) is 3.07. The number of rotatable bonds is 3. The van der Waals surface area contributed by atoms with Crippen LogP contribution < -0.4 is 0 Å². The number of alkyl halides is 1. The van der Waals surface area contributed by atoms with E-state index in [2.05, 4.69) is 27.1 Å². The van der Waals surface area contributed by atoms with Crippen molar-refractivity contribution in [2.75, 3.05) is 0 Å². The molecular formula is C13H12BrClN2. The summed E-state index contributed by atoms with van der Waals surface area (Å²) in [6.45, 7) is 0. The summed E-state index contributed by atoms with van der Waals surface area (Å²) in [5.41, 5.74) is 3.34. The first-order valence-electron chi connectivity index (χ1n) is 5.69. The predicted molar refractivity (Wildman–Crippen MR) is 73.2 cm³/mol. The molecule has 4 heteroatoms. The standard InChI is InChI=1S/C13H12BrClN2/c14-8-10-11(15)2-1-3-13(10)17-7-6-12(16-17)9-4-5-9/h1-3,6-7,9H,4-5,8H2. The SMILES string of the molecule is Clc1cccc(-n2ccc(C3CC3)n2)c1CBr. The molecule has 2 aromatic rings. The second-order valence-corrected chi connectivity index (χ2v) is 5.30. The van der Waals surface area contributed by atoms with Crippen LogP contribution in [-0.4, -0.2) is 9.78 Å². The largest absolute Gasteiger partial charge is 0.240 e. The minimum atomic E-state index is 0.683. The van der Waals surface area contributed by atoms with E-state index >= 15 is 0 Å². The fourth-order valence-electron chi connectivity index (χ4n) is 1.96. The number of hydrogen-bond donors (Lipinski definition) is 0. The van der Waals surface area contributed by atoms with Crippen molar-refractivity contribution in [2.45, 2.75) is 24.1 Å². The van der Waals surface area contributed by atoms with Gasteiger partial charge in [-0.1, -0.05) is 33.6 Å². The van der Waals surface area contributed by atoms with E-state index in [-0.39, 0.29) is 0 Å². The summed E-state index contributed by atoms with van der Waals surface area (Å²) < 4.78 is 1.93. The Labute approximate surface area is 114 Å². The Bertz CT molecular complexity index is 546. The molecule has 1 aromatic heterocycles. The Kier molecular flexibility index (Phi) is 2.97. The summed E-state index contributed by atoms with van der Waals surface area (Å²) in [5.74, 6) is 0.683. The molecule has 1 saturated carbocycles. The quantitative estimate of drug-likeness (QED) is 0.773. The Morgan fingerprint density at radius 1 is 1.35 bits per heavy atom. The third-order valence-corrected chi connectivity index (χ3v) is 3.99. The molecule has 0 radical (unpaired) electrons. The van der Waals surface area contributed by atoms with Gasteiger partial charge in [-0.25, -0.2) is 4.68 Å². The highest BCUT2D eigenvalue weighted by atomic mass is 79.9. The van der Waals surface area contributed by atoms with Crippen molar-refractivity contribution >= 4 is 27.5 Å². The smallest absolute Gasteiger partial charge is 0.0701 e. The van der Waals surface area contributed by atoms with E-state index in [1.807, 2.05) is 29.1 Å². The molecular weight excluding hydrogens is 300 g/mol. The zero-order valence-corrected chi connectivity index (χ0v) is 11.6. The van der Waals surface area contributed by atoms with Crippen LogP contribution in [0.5, 0.6) is 0 Å². The van der Waals surface area contributed by atoms with Crippen LogP contribution in [0.3, 0.4) is 0 Å². The van der Waals surface area contributed by atoms with Crippen molar-refractivity contribution < 1.29 is 0 Å². The third kappa shape index (κ3) is 2.14. The van der Waals surface area contributed by atoms with E-state index in [0.29, 0.717) is 5.92 Å². The molecule has 1 aliphatic rings. The van der Waals surface area contributed by atoms with E-state index in [1.165, 1.54) is 18.5 Å². The third-order valence-electron chi connectivity index (χ3n) is 3.08. The van der Waals surface area contributed by atoms with Gasteiger partial charge >= 0.3 is 0 Å². The molecule has 0 unspecified atom stereocenters. The highest BCUT2D eigenvalue weighted by Gasteiger charge is 2.26. The molecule has 1 aliphatic carbocycles. The second-order valence-electron chi connectivity index (χ2n) is 4.33. The molecule has 0 amide bonds. The predicted octanol–water partition coefficient (Wildman–Crippen LogP) is 4.30. The van der Waals surface area contributed by atoms with Crippen molar-refractivity contribution in [1.29, 1.82) is 0 Å². The first kappa shape index (κ1) is 11.3. The molecule has 17 heavy (non-hydrogen) atoms. The maximum absolute atomic E-state index is 6.19. The number of benzene rings is 1. The lowest BCUT2D eigenvalue weighted by molar-refractivity contribution is 0.831. The molecule has 88 valence electrons. The van der Waals surface area contributed by atoms with Gasteiger partial charge in [-0.2, -0.15) is 5.10 Å². The molecule has 0 aliphatic heterocycles. The number of aromatic nitrogens is 2. The highest BCUT2D eigenvalue weighted by molar-refractivity contribution is 9.08. The first-order chi connectivity index (χ1) is 8.29. The summed E-state index contributed by atoms with van der Waals surface area (Å²) in [7, 11) is 0. The summed E-state index contributed by atoms with van der Waals surface area (Å²) in [6, 6.07) is 8.03. The van der Waals surface area contributed by atoms with Gasteiger partial charge in [0.05, 0.1) is 11.4 Å². The molecule has 2 nitrogen and oxygen atoms in total. The van der Waals surface area contributed by atoms with Crippen LogP contribution in [0.1, 0.15) is 30.0 Å². The van der Waals surface area contributed by atoms with Crippen LogP contribution in [0.2, 0.25) is 5.02 Å². The zero-order chi connectivity index (χ0) is 11.8. The average molecular weight is 312 g/mol. The van der Waals surface area contributed by atoms with Gasteiger partial charge in [0.15, 0.2) is 0 Å². The minimum absolute atomic E-state index is 0.683. The van der Waals surface area contributed by atoms with Gasteiger partial charge in [-0.15, -0.1) is 0 Å². The van der Waals surface area contributed by atoms with Gasteiger partial charge in [-0.05, 0) is 31.0 Å². The molecule has 3 rings (SSSR count). The van der Waals surface area contributed by atoms with Crippen LogP contribution in [0.15, 0.2) is 30.5 Å². The van der Waals surface area contributed by atoms with Gasteiger partial charge in [0, 0.05) is 28.0 Å². The molecule has 0 spiro atoms. The Balaban J connectivity index is 2.04. The van der Waals surface area contributed by atoms with Crippen molar-refractivity contribution in [1.82, 2.24) is 9.78 Å². The van der Waals surface area contributed by atoms with E-state index in [9.17, 15) is 0 Å². The lowest BCUT2D eigenvalue weighted by atomic mass is 10.2. The Morgan fingerprint density at radius 2 is 2.18 bits per heavy atom. The second kappa shape index (κ2) is 4.46. The molecule has 1 aromatic carbocycles. The fraction of sp³-hybridized carbons (Fsp3) is 0.308. The van der Waals surface area contributed by atoms with Crippen molar-refractivity contribution in [3.8, 4) is 5.69 Å². The maximum atomic E-state index is 6.19. The lowest BCUT2D eigenvalue weighted by Crippen LogP contribution is -2.00. The Hall–Kier alpha value is -0.800. The molecule has 0 bridgehead atoms. The zero-order valence-electron chi connectivity index (χ0n) is 9.24. The highest BCUT2D eigenvalue weighted by Crippen LogP contribution is 2.39. The topological polar surface area (TPSA) is 17.8 Å². The van der Waals surface area contributed by atoms with E-state index < -0.39 is 0 Å².